The van der Waals surface area contributed by atoms with E-state index in [-0.39, 0.29) is 18.6 Å². The third-order valence-electron chi connectivity index (χ3n) is 6.54. The summed E-state index contributed by atoms with van der Waals surface area (Å²) in [6.45, 7) is 1.87. The fourth-order valence-corrected chi connectivity index (χ4v) is 6.81. The SMILES string of the molecule is CCOC(=O)COc1c(I)cc(C=Nc2sc3c(c2C(=O)NC2CCCCC2)CCCC3)cc1OC. The number of fused-ring (bicyclic) bond motifs is 1. The summed E-state index contributed by atoms with van der Waals surface area (Å²) < 4.78 is 16.9. The van der Waals surface area contributed by atoms with Crippen LogP contribution in [-0.2, 0) is 22.4 Å². The second kappa shape index (κ2) is 12.9. The van der Waals surface area contributed by atoms with Crippen molar-refractivity contribution in [3.63, 3.8) is 0 Å². The van der Waals surface area contributed by atoms with Crippen molar-refractivity contribution in [1.29, 1.82) is 0 Å². The number of nitrogens with zero attached hydrogens (tertiary/aromatic N) is 1. The minimum Gasteiger partial charge on any atom is -0.493 e. The summed E-state index contributed by atoms with van der Waals surface area (Å²) >= 11 is 3.79. The zero-order valence-corrected chi connectivity index (χ0v) is 23.8. The van der Waals surface area contributed by atoms with Crippen LogP contribution in [0.5, 0.6) is 11.5 Å². The molecule has 0 bridgehead atoms. The van der Waals surface area contributed by atoms with E-state index in [1.165, 1.54) is 29.7 Å². The molecule has 2 aliphatic rings. The standard InChI is InChI=1S/C27H33IN2O5S/c1-3-34-23(31)16-35-25-20(28)13-17(14-21(25)33-2)15-29-27-24(19-11-7-8-12-22(19)36-27)26(32)30-18-9-5-4-6-10-18/h13-15,18H,3-12,16H2,1-2H3,(H,30,32). The molecule has 1 saturated carbocycles. The number of ether oxygens (including phenoxy) is 3. The van der Waals surface area contributed by atoms with Crippen LogP contribution in [0.1, 0.15) is 78.2 Å². The van der Waals surface area contributed by atoms with Gasteiger partial charge in [0.2, 0.25) is 0 Å². The van der Waals surface area contributed by atoms with Crippen LogP contribution in [0.2, 0.25) is 0 Å². The number of hydrogen-bond donors (Lipinski definition) is 1. The highest BCUT2D eigenvalue weighted by Gasteiger charge is 2.27. The number of carbonyl (C=O) groups is 2. The number of hydrogen-bond acceptors (Lipinski definition) is 7. The van der Waals surface area contributed by atoms with Gasteiger partial charge < -0.3 is 19.5 Å². The van der Waals surface area contributed by atoms with E-state index in [1.807, 2.05) is 12.1 Å². The molecule has 1 fully saturated rings. The number of benzene rings is 1. The number of methoxy groups -OCH3 is 1. The molecule has 1 heterocycles. The molecule has 0 unspecified atom stereocenters. The Morgan fingerprint density at radius 3 is 2.69 bits per heavy atom. The van der Waals surface area contributed by atoms with Gasteiger partial charge in [-0.25, -0.2) is 9.79 Å². The average molecular weight is 625 g/mol. The van der Waals surface area contributed by atoms with Crippen molar-refractivity contribution in [2.24, 2.45) is 4.99 Å². The van der Waals surface area contributed by atoms with E-state index in [9.17, 15) is 9.59 Å². The minimum absolute atomic E-state index is 0.0170. The molecule has 7 nitrogen and oxygen atoms in total. The molecular formula is C27H33IN2O5S. The van der Waals surface area contributed by atoms with Gasteiger partial charge in [0, 0.05) is 17.1 Å². The fourth-order valence-electron chi connectivity index (χ4n) is 4.80. The van der Waals surface area contributed by atoms with Gasteiger partial charge in [-0.3, -0.25) is 4.79 Å². The fraction of sp³-hybridized carbons (Fsp3) is 0.519. The van der Waals surface area contributed by atoms with E-state index in [2.05, 4.69) is 27.9 Å². The zero-order chi connectivity index (χ0) is 25.5. The van der Waals surface area contributed by atoms with E-state index >= 15 is 0 Å². The summed E-state index contributed by atoms with van der Waals surface area (Å²) in [4.78, 5) is 31.2. The molecule has 36 heavy (non-hydrogen) atoms. The van der Waals surface area contributed by atoms with Gasteiger partial charge in [0.05, 0.1) is 22.9 Å². The predicted octanol–water partition coefficient (Wildman–Crippen LogP) is 6.00. The Hall–Kier alpha value is -2.14. The molecule has 194 valence electrons. The third kappa shape index (κ3) is 6.59. The normalized spacial score (nSPS) is 16.0. The van der Waals surface area contributed by atoms with Crippen LogP contribution in [0.25, 0.3) is 0 Å². The minimum atomic E-state index is -0.429. The molecule has 0 atom stereocenters. The highest BCUT2D eigenvalue weighted by molar-refractivity contribution is 14.1. The summed E-state index contributed by atoms with van der Waals surface area (Å²) in [5.74, 6) is 0.584. The van der Waals surface area contributed by atoms with Gasteiger partial charge in [-0.05, 0) is 91.3 Å². The number of aryl methyl sites for hydroxylation is 1. The number of carbonyl (C=O) groups excluding carboxylic acids is 2. The topological polar surface area (TPSA) is 86.2 Å². The first-order chi connectivity index (χ1) is 17.5. The zero-order valence-electron chi connectivity index (χ0n) is 20.9. The van der Waals surface area contributed by atoms with E-state index in [0.29, 0.717) is 18.1 Å². The molecule has 1 aromatic carbocycles. The molecule has 1 N–H and O–H groups in total. The molecule has 2 aliphatic carbocycles. The van der Waals surface area contributed by atoms with Gasteiger partial charge in [-0.2, -0.15) is 0 Å². The second-order valence-corrected chi connectivity index (χ2v) is 11.3. The Morgan fingerprint density at radius 1 is 1.17 bits per heavy atom. The Kier molecular flexibility index (Phi) is 9.64. The first-order valence-corrected chi connectivity index (χ1v) is 14.5. The Bertz CT molecular complexity index is 1120. The number of aliphatic imine (C=N–C) groups is 1. The van der Waals surface area contributed by atoms with Crippen molar-refractivity contribution in [2.75, 3.05) is 20.3 Å². The molecule has 0 aliphatic heterocycles. The van der Waals surface area contributed by atoms with E-state index in [4.69, 9.17) is 19.2 Å². The molecule has 0 spiro atoms. The maximum atomic E-state index is 13.4. The Labute approximate surface area is 230 Å². The highest BCUT2D eigenvalue weighted by Crippen LogP contribution is 2.40. The van der Waals surface area contributed by atoms with Crippen LogP contribution in [-0.4, -0.2) is 44.5 Å². The summed E-state index contributed by atoms with van der Waals surface area (Å²) in [7, 11) is 1.56. The third-order valence-corrected chi connectivity index (χ3v) is 8.54. The van der Waals surface area contributed by atoms with Crippen LogP contribution in [0.15, 0.2) is 17.1 Å². The lowest BCUT2D eigenvalue weighted by Gasteiger charge is -2.23. The average Bonchev–Trinajstić information content (AvgIpc) is 3.26. The smallest absolute Gasteiger partial charge is 0.344 e. The molecule has 0 radical (unpaired) electrons. The lowest BCUT2D eigenvalue weighted by Crippen LogP contribution is -2.36. The van der Waals surface area contributed by atoms with Crippen molar-refractivity contribution in [3.05, 3.63) is 37.3 Å². The van der Waals surface area contributed by atoms with Gasteiger partial charge >= 0.3 is 5.97 Å². The number of thiophene rings is 1. The number of nitrogens with one attached hydrogen (secondary N) is 1. The van der Waals surface area contributed by atoms with Gasteiger partial charge in [-0.1, -0.05) is 19.3 Å². The first kappa shape index (κ1) is 26.9. The lowest BCUT2D eigenvalue weighted by atomic mass is 9.93. The van der Waals surface area contributed by atoms with E-state index < -0.39 is 5.97 Å². The number of halogens is 1. The quantitative estimate of drug-likeness (QED) is 0.210. The Morgan fingerprint density at radius 2 is 1.94 bits per heavy atom. The summed E-state index contributed by atoms with van der Waals surface area (Å²) in [6.07, 6.45) is 11.7. The maximum Gasteiger partial charge on any atom is 0.344 e. The molecular weight excluding hydrogens is 591 g/mol. The van der Waals surface area contributed by atoms with Crippen LogP contribution in [0, 0.1) is 3.57 Å². The largest absolute Gasteiger partial charge is 0.493 e. The predicted molar refractivity (Wildman–Crippen MR) is 150 cm³/mol. The van der Waals surface area contributed by atoms with Crippen LogP contribution in [0.3, 0.4) is 0 Å². The summed E-state index contributed by atoms with van der Waals surface area (Å²) in [5, 5.41) is 4.07. The molecule has 2 aromatic rings. The van der Waals surface area contributed by atoms with Gasteiger partial charge in [0.15, 0.2) is 18.1 Å². The molecule has 1 amide bonds. The van der Waals surface area contributed by atoms with Crippen molar-refractivity contribution >= 4 is 57.0 Å². The lowest BCUT2D eigenvalue weighted by molar-refractivity contribution is -0.145. The monoisotopic (exact) mass is 624 g/mol. The van der Waals surface area contributed by atoms with Crippen molar-refractivity contribution in [2.45, 2.75) is 70.8 Å². The first-order valence-electron chi connectivity index (χ1n) is 12.7. The Balaban J connectivity index is 1.57. The highest BCUT2D eigenvalue weighted by atomic mass is 127. The van der Waals surface area contributed by atoms with Crippen LogP contribution in [0.4, 0.5) is 5.00 Å². The van der Waals surface area contributed by atoms with E-state index in [1.54, 1.807) is 31.6 Å². The van der Waals surface area contributed by atoms with Gasteiger partial charge in [0.1, 0.15) is 5.00 Å². The number of rotatable bonds is 9. The number of esters is 1. The maximum absolute atomic E-state index is 13.4. The second-order valence-electron chi connectivity index (χ2n) is 9.09. The molecule has 1 aromatic heterocycles. The molecule has 4 rings (SSSR count). The van der Waals surface area contributed by atoms with Crippen LogP contribution < -0.4 is 14.8 Å². The van der Waals surface area contributed by atoms with Gasteiger partial charge in [0.25, 0.3) is 5.91 Å². The number of amides is 1. The summed E-state index contributed by atoms with van der Waals surface area (Å²) in [6, 6.07) is 4.00. The molecule has 9 heteroatoms. The van der Waals surface area contributed by atoms with Crippen molar-refractivity contribution in [1.82, 2.24) is 5.32 Å². The molecule has 0 saturated heterocycles. The van der Waals surface area contributed by atoms with Crippen LogP contribution >= 0.6 is 33.9 Å². The van der Waals surface area contributed by atoms with Gasteiger partial charge in [-0.15, -0.1) is 11.3 Å². The van der Waals surface area contributed by atoms with E-state index in [0.717, 1.165) is 58.2 Å². The van der Waals surface area contributed by atoms with Crippen molar-refractivity contribution in [3.8, 4) is 11.5 Å². The summed E-state index contributed by atoms with van der Waals surface area (Å²) in [5.41, 5.74) is 2.76. The van der Waals surface area contributed by atoms with Crippen molar-refractivity contribution < 1.29 is 23.8 Å².